The third-order valence-corrected chi connectivity index (χ3v) is 4.61. The summed E-state index contributed by atoms with van der Waals surface area (Å²) in [6.07, 6.45) is 9.81. The number of hydrogen-bond donors (Lipinski definition) is 1. The third kappa shape index (κ3) is 3.96. The van der Waals surface area contributed by atoms with Crippen LogP contribution < -0.4 is 5.32 Å². The van der Waals surface area contributed by atoms with Crippen molar-refractivity contribution in [1.82, 2.24) is 5.32 Å². The van der Waals surface area contributed by atoms with Crippen LogP contribution in [0, 0.1) is 11.8 Å². The minimum absolute atomic E-state index is 0.500. The van der Waals surface area contributed by atoms with Crippen LogP contribution in [0.3, 0.4) is 0 Å². The fraction of sp³-hybridized carbons (Fsp3) is 1.00. The van der Waals surface area contributed by atoms with Crippen molar-refractivity contribution in [3.8, 4) is 0 Å². The zero-order valence-electron chi connectivity index (χ0n) is 11.7. The SMILES string of the molecule is COC1CCCC(NC2CC(C)CC(C)C2)C1. The Labute approximate surface area is 107 Å². The van der Waals surface area contributed by atoms with Gasteiger partial charge in [0.2, 0.25) is 0 Å². The zero-order chi connectivity index (χ0) is 12.3. The highest BCUT2D eigenvalue weighted by molar-refractivity contribution is 4.85. The van der Waals surface area contributed by atoms with Gasteiger partial charge >= 0.3 is 0 Å². The molecular weight excluding hydrogens is 210 g/mol. The van der Waals surface area contributed by atoms with E-state index in [9.17, 15) is 0 Å². The molecule has 1 N–H and O–H groups in total. The molecule has 17 heavy (non-hydrogen) atoms. The number of rotatable bonds is 3. The molecule has 0 amide bonds. The number of ether oxygens (including phenoxy) is 1. The van der Waals surface area contributed by atoms with E-state index in [0.717, 1.165) is 17.9 Å². The Morgan fingerprint density at radius 3 is 2.24 bits per heavy atom. The van der Waals surface area contributed by atoms with E-state index in [-0.39, 0.29) is 0 Å². The quantitative estimate of drug-likeness (QED) is 0.815. The van der Waals surface area contributed by atoms with E-state index >= 15 is 0 Å². The maximum Gasteiger partial charge on any atom is 0.0586 e. The minimum atomic E-state index is 0.500. The number of hydrogen-bond acceptors (Lipinski definition) is 2. The molecule has 4 unspecified atom stereocenters. The summed E-state index contributed by atoms with van der Waals surface area (Å²) in [5, 5.41) is 3.90. The fourth-order valence-electron chi connectivity index (χ4n) is 3.93. The topological polar surface area (TPSA) is 21.3 Å². The molecule has 0 radical (unpaired) electrons. The zero-order valence-corrected chi connectivity index (χ0v) is 11.7. The van der Waals surface area contributed by atoms with Crippen LogP contribution in [-0.2, 0) is 4.74 Å². The lowest BCUT2D eigenvalue weighted by atomic mass is 9.79. The van der Waals surface area contributed by atoms with E-state index in [1.807, 2.05) is 7.11 Å². The summed E-state index contributed by atoms with van der Waals surface area (Å²) in [6, 6.07) is 1.46. The van der Waals surface area contributed by atoms with Gasteiger partial charge in [-0.05, 0) is 56.8 Å². The van der Waals surface area contributed by atoms with E-state index in [0.29, 0.717) is 12.1 Å². The Balaban J connectivity index is 1.79. The van der Waals surface area contributed by atoms with E-state index in [2.05, 4.69) is 19.2 Å². The summed E-state index contributed by atoms with van der Waals surface area (Å²) in [5.74, 6) is 1.80. The van der Waals surface area contributed by atoms with Crippen LogP contribution in [0.4, 0.5) is 0 Å². The van der Waals surface area contributed by atoms with Crippen LogP contribution in [0.2, 0.25) is 0 Å². The Hall–Kier alpha value is -0.0800. The molecule has 2 fully saturated rings. The summed E-state index contributed by atoms with van der Waals surface area (Å²) >= 11 is 0. The molecule has 0 saturated heterocycles. The summed E-state index contributed by atoms with van der Waals surface area (Å²) in [4.78, 5) is 0. The van der Waals surface area contributed by atoms with Gasteiger partial charge in [0.05, 0.1) is 6.10 Å². The predicted octanol–water partition coefficient (Wildman–Crippen LogP) is 3.36. The maximum absolute atomic E-state index is 5.51. The minimum Gasteiger partial charge on any atom is -0.381 e. The molecule has 0 aliphatic heterocycles. The summed E-state index contributed by atoms with van der Waals surface area (Å²) < 4.78 is 5.51. The number of methoxy groups -OCH3 is 1. The van der Waals surface area contributed by atoms with Crippen molar-refractivity contribution in [3.63, 3.8) is 0 Å². The van der Waals surface area contributed by atoms with Crippen LogP contribution in [0.25, 0.3) is 0 Å². The smallest absolute Gasteiger partial charge is 0.0586 e. The largest absolute Gasteiger partial charge is 0.381 e. The van der Waals surface area contributed by atoms with Crippen molar-refractivity contribution in [1.29, 1.82) is 0 Å². The van der Waals surface area contributed by atoms with Crippen molar-refractivity contribution in [2.45, 2.75) is 77.0 Å². The molecule has 0 aromatic carbocycles. The van der Waals surface area contributed by atoms with Crippen molar-refractivity contribution < 1.29 is 4.74 Å². The van der Waals surface area contributed by atoms with Crippen molar-refractivity contribution in [2.24, 2.45) is 11.8 Å². The highest BCUT2D eigenvalue weighted by Crippen LogP contribution is 2.30. The van der Waals surface area contributed by atoms with Crippen molar-refractivity contribution >= 4 is 0 Å². The van der Waals surface area contributed by atoms with Crippen LogP contribution in [0.5, 0.6) is 0 Å². The molecule has 2 saturated carbocycles. The maximum atomic E-state index is 5.51. The van der Waals surface area contributed by atoms with E-state index in [4.69, 9.17) is 4.74 Å². The van der Waals surface area contributed by atoms with Crippen LogP contribution in [-0.4, -0.2) is 25.3 Å². The molecule has 2 aliphatic carbocycles. The molecule has 4 atom stereocenters. The average molecular weight is 239 g/mol. The first-order chi connectivity index (χ1) is 8.17. The standard InChI is InChI=1S/C15H29NO/c1-11-7-12(2)9-14(8-11)16-13-5-4-6-15(10-13)17-3/h11-16H,4-10H2,1-3H3. The molecule has 2 rings (SSSR count). The average Bonchev–Trinajstić information content (AvgIpc) is 2.28. The fourth-order valence-corrected chi connectivity index (χ4v) is 3.93. The Kier molecular flexibility index (Phi) is 4.87. The van der Waals surface area contributed by atoms with Crippen LogP contribution in [0.15, 0.2) is 0 Å². The van der Waals surface area contributed by atoms with Crippen LogP contribution >= 0.6 is 0 Å². The molecule has 0 heterocycles. The monoisotopic (exact) mass is 239 g/mol. The second-order valence-electron chi connectivity index (χ2n) is 6.50. The first-order valence-electron chi connectivity index (χ1n) is 7.46. The molecular formula is C15H29NO. The molecule has 2 heteroatoms. The van der Waals surface area contributed by atoms with Gasteiger partial charge in [-0.1, -0.05) is 13.8 Å². The molecule has 0 bridgehead atoms. The van der Waals surface area contributed by atoms with Gasteiger partial charge in [-0.2, -0.15) is 0 Å². The molecule has 100 valence electrons. The molecule has 2 nitrogen and oxygen atoms in total. The van der Waals surface area contributed by atoms with E-state index in [1.165, 1.54) is 44.9 Å². The van der Waals surface area contributed by atoms with Crippen molar-refractivity contribution in [2.75, 3.05) is 7.11 Å². The Bertz CT molecular complexity index is 221. The van der Waals surface area contributed by atoms with Gasteiger partial charge in [0.25, 0.3) is 0 Å². The molecule has 0 aromatic heterocycles. The lowest BCUT2D eigenvalue weighted by Gasteiger charge is -2.37. The summed E-state index contributed by atoms with van der Waals surface area (Å²) in [5.41, 5.74) is 0. The second kappa shape index (κ2) is 6.19. The second-order valence-corrected chi connectivity index (χ2v) is 6.50. The van der Waals surface area contributed by atoms with Crippen LogP contribution in [0.1, 0.15) is 58.8 Å². The number of nitrogens with one attached hydrogen (secondary N) is 1. The van der Waals surface area contributed by atoms with Gasteiger partial charge in [-0.3, -0.25) is 0 Å². The van der Waals surface area contributed by atoms with Crippen molar-refractivity contribution in [3.05, 3.63) is 0 Å². The van der Waals surface area contributed by atoms with E-state index < -0.39 is 0 Å². The van der Waals surface area contributed by atoms with Gasteiger partial charge < -0.3 is 10.1 Å². The molecule has 0 aromatic rings. The first kappa shape index (κ1) is 13.4. The normalized spacial score (nSPS) is 43.6. The van der Waals surface area contributed by atoms with Gasteiger partial charge in [0.15, 0.2) is 0 Å². The third-order valence-electron chi connectivity index (χ3n) is 4.61. The van der Waals surface area contributed by atoms with Gasteiger partial charge in [0.1, 0.15) is 0 Å². The van der Waals surface area contributed by atoms with Gasteiger partial charge in [-0.15, -0.1) is 0 Å². The molecule has 0 spiro atoms. The highest BCUT2D eigenvalue weighted by Gasteiger charge is 2.28. The molecule has 2 aliphatic rings. The lowest BCUT2D eigenvalue weighted by molar-refractivity contribution is 0.0543. The predicted molar refractivity (Wildman–Crippen MR) is 72.2 cm³/mol. The van der Waals surface area contributed by atoms with E-state index in [1.54, 1.807) is 0 Å². The van der Waals surface area contributed by atoms with Gasteiger partial charge in [0, 0.05) is 19.2 Å². The first-order valence-corrected chi connectivity index (χ1v) is 7.46. The van der Waals surface area contributed by atoms with Gasteiger partial charge in [-0.25, -0.2) is 0 Å². The highest BCUT2D eigenvalue weighted by atomic mass is 16.5. The Morgan fingerprint density at radius 2 is 1.59 bits per heavy atom. The summed E-state index contributed by atoms with van der Waals surface area (Å²) in [6.45, 7) is 4.81. The summed E-state index contributed by atoms with van der Waals surface area (Å²) in [7, 11) is 1.86. The lowest BCUT2D eigenvalue weighted by Crippen LogP contribution is -2.45. The Morgan fingerprint density at radius 1 is 0.882 bits per heavy atom.